The Morgan fingerprint density at radius 1 is 1.00 bits per heavy atom. The Morgan fingerprint density at radius 3 is 1.79 bits per heavy atom. The highest BCUT2D eigenvalue weighted by Gasteiger charge is 2.16. The first-order valence-electron chi connectivity index (χ1n) is 5.53. The third-order valence-electron chi connectivity index (χ3n) is 1.94. The molecule has 0 radical (unpaired) electrons. The van der Waals surface area contributed by atoms with E-state index in [0.29, 0.717) is 13.0 Å². The third kappa shape index (κ3) is 14.2. The van der Waals surface area contributed by atoms with Crippen LogP contribution in [0.2, 0.25) is 0 Å². The van der Waals surface area contributed by atoms with Crippen LogP contribution >= 0.6 is 0 Å². The summed E-state index contributed by atoms with van der Waals surface area (Å²) in [5, 5.41) is 32.5. The second-order valence-electron chi connectivity index (χ2n) is 3.68. The second kappa shape index (κ2) is 11.4. The molecule has 0 aromatic rings. The van der Waals surface area contributed by atoms with Crippen molar-refractivity contribution in [2.75, 3.05) is 6.54 Å². The van der Waals surface area contributed by atoms with E-state index in [1.807, 2.05) is 0 Å². The first-order chi connectivity index (χ1) is 8.72. The number of aliphatic carboxylic acids is 3. The van der Waals surface area contributed by atoms with Gasteiger partial charge in [-0.15, -0.1) is 0 Å². The Kier molecular flexibility index (Phi) is 11.8. The van der Waals surface area contributed by atoms with E-state index in [1.165, 1.54) is 0 Å². The number of aliphatic hydroxyl groups excluding tert-OH is 1. The number of hydrogen-bond donors (Lipinski definition) is 6. The Morgan fingerprint density at radius 2 is 1.53 bits per heavy atom. The minimum absolute atomic E-state index is 0.520. The molecule has 0 aliphatic heterocycles. The van der Waals surface area contributed by atoms with Crippen LogP contribution in [0.25, 0.3) is 0 Å². The molecule has 0 spiro atoms. The van der Waals surface area contributed by atoms with Crippen molar-refractivity contribution < 1.29 is 34.8 Å². The van der Waals surface area contributed by atoms with E-state index in [9.17, 15) is 14.4 Å². The van der Waals surface area contributed by atoms with Crippen LogP contribution in [-0.4, -0.2) is 57.0 Å². The lowest BCUT2D eigenvalue weighted by Gasteiger charge is -2.03. The van der Waals surface area contributed by atoms with Crippen LogP contribution in [-0.2, 0) is 14.4 Å². The lowest BCUT2D eigenvalue weighted by Crippen LogP contribution is -2.29. The van der Waals surface area contributed by atoms with Crippen LogP contribution < -0.4 is 11.5 Å². The van der Waals surface area contributed by atoms with E-state index < -0.39 is 36.5 Å². The van der Waals surface area contributed by atoms with Gasteiger partial charge in [0.1, 0.15) is 6.04 Å². The minimum Gasteiger partial charge on any atom is -0.481 e. The van der Waals surface area contributed by atoms with Gasteiger partial charge in [0.05, 0.1) is 6.42 Å². The molecule has 0 aromatic carbocycles. The predicted octanol–water partition coefficient (Wildman–Crippen LogP) is -1.57. The molecule has 0 bridgehead atoms. The van der Waals surface area contributed by atoms with Gasteiger partial charge in [-0.05, 0) is 19.4 Å². The summed E-state index contributed by atoms with van der Waals surface area (Å²) in [5.74, 6) is -3.78. The molecular weight excluding hydrogens is 260 g/mol. The lowest BCUT2D eigenvalue weighted by atomic mass is 10.1. The average Bonchev–Trinajstić information content (AvgIpc) is 2.28. The standard InChI is InChI=1S/C6H14N2O2.C4H6O5/c7-4-2-1-3-5(8)6(9)10;5-2(4(8)9)1-3(6)7/h5H,1-4,7-8H2,(H,9,10);2,5H,1H2,(H,6,7)(H,8,9)/t5-;2-/m01/s1. The van der Waals surface area contributed by atoms with Crippen molar-refractivity contribution >= 4 is 17.9 Å². The fourth-order valence-electron chi connectivity index (χ4n) is 0.885. The maximum Gasteiger partial charge on any atom is 0.333 e. The van der Waals surface area contributed by atoms with E-state index in [4.69, 9.17) is 31.9 Å². The minimum atomic E-state index is -1.79. The number of rotatable bonds is 8. The van der Waals surface area contributed by atoms with Crippen LogP contribution in [0.5, 0.6) is 0 Å². The fraction of sp³-hybridized carbons (Fsp3) is 0.700. The van der Waals surface area contributed by atoms with Gasteiger partial charge in [0.2, 0.25) is 0 Å². The molecule has 2 atom stereocenters. The van der Waals surface area contributed by atoms with Crippen molar-refractivity contribution in [2.45, 2.75) is 37.8 Å². The number of nitrogens with two attached hydrogens (primary N) is 2. The highest BCUT2D eigenvalue weighted by atomic mass is 16.4. The quantitative estimate of drug-likeness (QED) is 0.286. The van der Waals surface area contributed by atoms with Crippen LogP contribution in [0.4, 0.5) is 0 Å². The van der Waals surface area contributed by atoms with E-state index in [0.717, 1.165) is 12.8 Å². The molecule has 19 heavy (non-hydrogen) atoms. The summed E-state index contributed by atoms with van der Waals surface area (Å²) in [6.07, 6.45) is -0.380. The summed E-state index contributed by atoms with van der Waals surface area (Å²) in [7, 11) is 0. The monoisotopic (exact) mass is 280 g/mol. The zero-order valence-electron chi connectivity index (χ0n) is 10.4. The average molecular weight is 280 g/mol. The molecule has 0 heterocycles. The number of carboxylic acid groups (broad SMARTS) is 3. The van der Waals surface area contributed by atoms with Crippen LogP contribution in [0.15, 0.2) is 0 Å². The second-order valence-corrected chi connectivity index (χ2v) is 3.68. The summed E-state index contributed by atoms with van der Waals surface area (Å²) in [5.41, 5.74) is 10.4. The summed E-state index contributed by atoms with van der Waals surface area (Å²) in [6.45, 7) is 0.604. The van der Waals surface area contributed by atoms with Gasteiger partial charge in [-0.1, -0.05) is 6.42 Å². The topological polar surface area (TPSA) is 184 Å². The molecule has 0 aromatic heterocycles. The Labute approximate surface area is 109 Å². The van der Waals surface area contributed by atoms with Crippen molar-refractivity contribution in [1.82, 2.24) is 0 Å². The maximum absolute atomic E-state index is 10.1. The van der Waals surface area contributed by atoms with Crippen molar-refractivity contribution in [2.24, 2.45) is 11.5 Å². The Hall–Kier alpha value is -1.71. The largest absolute Gasteiger partial charge is 0.481 e. The zero-order valence-corrected chi connectivity index (χ0v) is 10.4. The molecule has 112 valence electrons. The van der Waals surface area contributed by atoms with Crippen LogP contribution in [0, 0.1) is 0 Å². The van der Waals surface area contributed by atoms with Gasteiger partial charge < -0.3 is 31.9 Å². The summed E-state index contributed by atoms with van der Waals surface area (Å²) < 4.78 is 0. The summed E-state index contributed by atoms with van der Waals surface area (Å²) in [4.78, 5) is 29.5. The number of carboxylic acids is 3. The molecule has 0 fully saturated rings. The normalized spacial score (nSPS) is 12.8. The predicted molar refractivity (Wildman–Crippen MR) is 64.4 cm³/mol. The number of unbranched alkanes of at least 4 members (excludes halogenated alkanes) is 1. The van der Waals surface area contributed by atoms with Gasteiger partial charge in [0.15, 0.2) is 6.10 Å². The van der Waals surface area contributed by atoms with Crippen LogP contribution in [0.1, 0.15) is 25.7 Å². The van der Waals surface area contributed by atoms with Crippen molar-refractivity contribution in [3.05, 3.63) is 0 Å². The molecule has 0 unspecified atom stereocenters. The number of aliphatic hydroxyl groups is 1. The van der Waals surface area contributed by atoms with Gasteiger partial charge in [-0.3, -0.25) is 9.59 Å². The molecule has 8 N–H and O–H groups in total. The smallest absolute Gasteiger partial charge is 0.333 e. The van der Waals surface area contributed by atoms with Gasteiger partial charge in [-0.25, -0.2) is 4.79 Å². The Bertz CT molecular complexity index is 296. The van der Waals surface area contributed by atoms with Crippen molar-refractivity contribution in [1.29, 1.82) is 0 Å². The van der Waals surface area contributed by atoms with E-state index in [1.54, 1.807) is 0 Å². The third-order valence-corrected chi connectivity index (χ3v) is 1.94. The SMILES string of the molecule is NCCCC[C@H](N)C(=O)O.O=C(O)C[C@@H](O)C(=O)O. The first-order valence-corrected chi connectivity index (χ1v) is 5.53. The Balaban J connectivity index is 0. The highest BCUT2D eigenvalue weighted by Crippen LogP contribution is 1.97. The molecule has 9 nitrogen and oxygen atoms in total. The molecule has 0 rings (SSSR count). The highest BCUT2D eigenvalue weighted by molar-refractivity contribution is 5.79. The van der Waals surface area contributed by atoms with Crippen LogP contribution in [0.3, 0.4) is 0 Å². The van der Waals surface area contributed by atoms with E-state index in [-0.39, 0.29) is 0 Å². The molecule has 0 saturated carbocycles. The fourth-order valence-corrected chi connectivity index (χ4v) is 0.885. The maximum atomic E-state index is 10.1. The molecule has 0 amide bonds. The number of hydrogen-bond acceptors (Lipinski definition) is 6. The summed E-state index contributed by atoms with van der Waals surface area (Å²) >= 11 is 0. The van der Waals surface area contributed by atoms with Gasteiger partial charge in [0.25, 0.3) is 0 Å². The first kappa shape index (κ1) is 19.6. The van der Waals surface area contributed by atoms with E-state index in [2.05, 4.69) is 0 Å². The van der Waals surface area contributed by atoms with E-state index >= 15 is 0 Å². The van der Waals surface area contributed by atoms with Gasteiger partial charge >= 0.3 is 17.9 Å². The molecule has 9 heteroatoms. The number of carbonyl (C=O) groups is 3. The summed E-state index contributed by atoms with van der Waals surface area (Å²) in [6, 6.07) is -0.716. The molecular formula is C10H20N2O7. The zero-order chi connectivity index (χ0) is 15.4. The lowest BCUT2D eigenvalue weighted by molar-refractivity contribution is -0.152. The molecule has 0 saturated heterocycles. The molecule has 0 aliphatic rings. The van der Waals surface area contributed by atoms with Gasteiger partial charge in [0, 0.05) is 0 Å². The van der Waals surface area contributed by atoms with Crippen molar-refractivity contribution in [3.63, 3.8) is 0 Å². The van der Waals surface area contributed by atoms with Gasteiger partial charge in [-0.2, -0.15) is 0 Å². The molecule has 0 aliphatic carbocycles. The van der Waals surface area contributed by atoms with Crippen molar-refractivity contribution in [3.8, 4) is 0 Å².